The summed E-state index contributed by atoms with van der Waals surface area (Å²) in [4.78, 5) is 20.7. The van der Waals surface area contributed by atoms with Crippen LogP contribution in [0.15, 0.2) is 41.6 Å². The van der Waals surface area contributed by atoms with Crippen molar-refractivity contribution in [1.82, 2.24) is 9.99 Å². The molecule has 2 fully saturated rings. The number of benzene rings is 1. The first kappa shape index (κ1) is 23.8. The van der Waals surface area contributed by atoms with Gasteiger partial charge in [-0.3, -0.25) is 0 Å². The molecule has 3 N–H and O–H groups in total. The van der Waals surface area contributed by atoms with E-state index in [2.05, 4.69) is 30.4 Å². The van der Waals surface area contributed by atoms with Crippen molar-refractivity contribution in [2.45, 2.75) is 57.9 Å². The molecule has 8 heteroatoms. The minimum Gasteiger partial charge on any atom is -0.383 e. The molecule has 1 aromatic carbocycles. The average Bonchev–Trinajstić information content (AvgIpc) is 3.02. The summed E-state index contributed by atoms with van der Waals surface area (Å²) >= 11 is 0. The van der Waals surface area contributed by atoms with Crippen LogP contribution in [0.3, 0.4) is 0 Å². The number of ether oxygens (including phenoxy) is 1. The molecule has 1 saturated heterocycles. The van der Waals surface area contributed by atoms with Crippen LogP contribution in [0.25, 0.3) is 0 Å². The molecule has 35 heavy (non-hydrogen) atoms. The van der Waals surface area contributed by atoms with E-state index >= 15 is 0 Å². The Labute approximate surface area is 207 Å². The maximum atomic E-state index is 14.2. The van der Waals surface area contributed by atoms with Crippen LogP contribution in [-0.2, 0) is 4.74 Å². The number of carbonyl (C=O) groups is 1. The molecule has 5 rings (SSSR count). The van der Waals surface area contributed by atoms with Gasteiger partial charge in [0.15, 0.2) is 0 Å². The summed E-state index contributed by atoms with van der Waals surface area (Å²) in [6.07, 6.45) is 9.24. The number of hydrazone groups is 1. The van der Waals surface area contributed by atoms with Gasteiger partial charge in [-0.25, -0.2) is 19.7 Å². The van der Waals surface area contributed by atoms with Crippen molar-refractivity contribution < 1.29 is 9.53 Å². The number of hydrogen-bond acceptors (Lipinski definition) is 6. The zero-order chi connectivity index (χ0) is 24.2. The zero-order valence-electron chi connectivity index (χ0n) is 20.6. The van der Waals surface area contributed by atoms with E-state index < -0.39 is 0 Å². The number of nitrogens with one attached hydrogen (secondary N) is 1. The van der Waals surface area contributed by atoms with Gasteiger partial charge in [0, 0.05) is 37.8 Å². The summed E-state index contributed by atoms with van der Waals surface area (Å²) in [5, 5.41) is 10.1. The lowest BCUT2D eigenvalue weighted by Crippen LogP contribution is -2.45. The maximum Gasteiger partial charge on any atom is 0.351 e. The second kappa shape index (κ2) is 10.7. The van der Waals surface area contributed by atoms with E-state index in [1.165, 1.54) is 19.3 Å². The summed E-state index contributed by atoms with van der Waals surface area (Å²) in [6, 6.07) is 10.1. The normalized spacial score (nSPS) is 19.8. The molecule has 3 aliphatic rings. The van der Waals surface area contributed by atoms with Gasteiger partial charge in [0.25, 0.3) is 0 Å². The van der Waals surface area contributed by atoms with Crippen LogP contribution >= 0.6 is 0 Å². The number of hydrogen-bond donors (Lipinski definition) is 2. The number of pyridine rings is 1. The van der Waals surface area contributed by atoms with E-state index in [1.807, 2.05) is 12.1 Å². The number of rotatable bonds is 6. The maximum absolute atomic E-state index is 14.2. The third-order valence-electron chi connectivity index (χ3n) is 7.25. The van der Waals surface area contributed by atoms with Gasteiger partial charge in [0.2, 0.25) is 0 Å². The van der Waals surface area contributed by atoms with Crippen molar-refractivity contribution in [3.8, 4) is 0 Å². The van der Waals surface area contributed by atoms with Crippen molar-refractivity contribution in [2.24, 2.45) is 16.8 Å². The summed E-state index contributed by atoms with van der Waals surface area (Å²) in [5.41, 5.74) is 10.6. The quantitative estimate of drug-likeness (QED) is 0.624. The van der Waals surface area contributed by atoms with Crippen molar-refractivity contribution in [3.05, 3.63) is 47.7 Å². The summed E-state index contributed by atoms with van der Waals surface area (Å²) in [5.74, 6) is 0.952. The molecule has 0 bridgehead atoms. The molecule has 1 aromatic heterocycles. The molecule has 0 unspecified atom stereocenters. The van der Waals surface area contributed by atoms with Gasteiger partial charge in [-0.15, -0.1) is 0 Å². The number of nitrogens with two attached hydrogens (primary N) is 1. The highest BCUT2D eigenvalue weighted by Gasteiger charge is 2.38. The number of anilines is 3. The van der Waals surface area contributed by atoms with Crippen LogP contribution in [0.2, 0.25) is 0 Å². The first-order chi connectivity index (χ1) is 17.2. The van der Waals surface area contributed by atoms with Gasteiger partial charge >= 0.3 is 6.03 Å². The molecule has 1 aliphatic carbocycles. The molecule has 0 radical (unpaired) electrons. The van der Waals surface area contributed by atoms with Gasteiger partial charge in [0.1, 0.15) is 5.82 Å². The molecular formula is C27H36N6O2. The molecule has 186 valence electrons. The van der Waals surface area contributed by atoms with Crippen molar-refractivity contribution in [3.63, 3.8) is 0 Å². The standard InChI is InChI=1S/C27H36N6O2/c1-19-7-9-23-24(17-19)32(25-10-8-21(18-30-25)29-14-13-28)27(34)33(22-11-15-35-16-12-22)31-26(23)20-5-3-2-4-6-20/h7-10,17-18,20,22,29H,2-6,11-16,28H2,1H3. The third-order valence-corrected chi connectivity index (χ3v) is 7.25. The lowest BCUT2D eigenvalue weighted by Gasteiger charge is -2.33. The van der Waals surface area contributed by atoms with Gasteiger partial charge in [-0.2, -0.15) is 5.10 Å². The topological polar surface area (TPSA) is 96.1 Å². The fraction of sp³-hybridized carbons (Fsp3) is 0.519. The van der Waals surface area contributed by atoms with Gasteiger partial charge in [-0.05, 0) is 56.4 Å². The van der Waals surface area contributed by atoms with Crippen LogP contribution < -0.4 is 16.0 Å². The minimum absolute atomic E-state index is 0.0123. The first-order valence-corrected chi connectivity index (χ1v) is 13.0. The predicted molar refractivity (Wildman–Crippen MR) is 139 cm³/mol. The second-order valence-corrected chi connectivity index (χ2v) is 9.77. The summed E-state index contributed by atoms with van der Waals surface area (Å²) in [7, 11) is 0. The van der Waals surface area contributed by atoms with Crippen molar-refractivity contribution in [1.29, 1.82) is 0 Å². The second-order valence-electron chi connectivity index (χ2n) is 9.77. The van der Waals surface area contributed by atoms with E-state index in [-0.39, 0.29) is 12.1 Å². The monoisotopic (exact) mass is 476 g/mol. The highest BCUT2D eigenvalue weighted by Crippen LogP contribution is 2.38. The summed E-state index contributed by atoms with van der Waals surface area (Å²) < 4.78 is 5.61. The number of aromatic nitrogens is 1. The Morgan fingerprint density at radius 2 is 1.89 bits per heavy atom. The molecule has 0 spiro atoms. The van der Waals surface area contributed by atoms with Crippen LogP contribution in [0.4, 0.5) is 22.0 Å². The lowest BCUT2D eigenvalue weighted by atomic mass is 9.82. The van der Waals surface area contributed by atoms with E-state index in [4.69, 9.17) is 20.6 Å². The van der Waals surface area contributed by atoms with Gasteiger partial charge < -0.3 is 15.8 Å². The molecule has 1 saturated carbocycles. The smallest absolute Gasteiger partial charge is 0.351 e. The predicted octanol–water partition coefficient (Wildman–Crippen LogP) is 4.80. The SMILES string of the molecule is Cc1ccc2c(c1)N(c1ccc(NCCN)cn1)C(=O)N(C1CCOCC1)N=C2C1CCCCC1. The first-order valence-electron chi connectivity index (χ1n) is 13.0. The molecule has 8 nitrogen and oxygen atoms in total. The fourth-order valence-electron chi connectivity index (χ4n) is 5.37. The van der Waals surface area contributed by atoms with Crippen LogP contribution in [0.1, 0.15) is 56.1 Å². The summed E-state index contributed by atoms with van der Waals surface area (Å²) in [6.45, 7) is 4.57. The molecule has 2 amide bonds. The van der Waals surface area contributed by atoms with Crippen molar-refractivity contribution >= 4 is 28.9 Å². The number of fused-ring (bicyclic) bond motifs is 1. The Morgan fingerprint density at radius 3 is 2.60 bits per heavy atom. The fourth-order valence-corrected chi connectivity index (χ4v) is 5.37. The van der Waals surface area contributed by atoms with Crippen LogP contribution in [-0.4, -0.2) is 54.1 Å². The average molecular weight is 477 g/mol. The van der Waals surface area contributed by atoms with Crippen molar-refractivity contribution in [2.75, 3.05) is 36.5 Å². The molecule has 2 aromatic rings. The number of amides is 2. The lowest BCUT2D eigenvalue weighted by molar-refractivity contribution is 0.0480. The molecule has 3 heterocycles. The number of aryl methyl sites for hydroxylation is 1. The van der Waals surface area contributed by atoms with Crippen LogP contribution in [0, 0.1) is 12.8 Å². The molecular weight excluding hydrogens is 440 g/mol. The van der Waals surface area contributed by atoms with E-state index in [0.29, 0.717) is 38.0 Å². The van der Waals surface area contributed by atoms with Gasteiger partial charge in [-0.1, -0.05) is 31.4 Å². The van der Waals surface area contributed by atoms with Gasteiger partial charge in [0.05, 0.1) is 29.3 Å². The third kappa shape index (κ3) is 5.04. The minimum atomic E-state index is -0.148. The van der Waals surface area contributed by atoms with Crippen LogP contribution in [0.5, 0.6) is 0 Å². The highest BCUT2D eigenvalue weighted by molar-refractivity contribution is 6.13. The Kier molecular flexibility index (Phi) is 7.29. The van der Waals surface area contributed by atoms with E-state index in [1.54, 1.807) is 16.1 Å². The number of urea groups is 1. The highest BCUT2D eigenvalue weighted by atomic mass is 16.5. The Balaban J connectivity index is 1.61. The Hall–Kier alpha value is -2.97. The molecule has 2 aliphatic heterocycles. The number of nitrogens with zero attached hydrogens (tertiary/aromatic N) is 4. The largest absolute Gasteiger partial charge is 0.383 e. The van der Waals surface area contributed by atoms with E-state index in [0.717, 1.165) is 53.9 Å². The zero-order valence-corrected chi connectivity index (χ0v) is 20.6. The Bertz CT molecular complexity index is 1060. The Morgan fingerprint density at radius 1 is 1.09 bits per heavy atom. The number of carbonyl (C=O) groups excluding carboxylic acids is 1. The van der Waals surface area contributed by atoms with E-state index in [9.17, 15) is 4.79 Å². The molecule has 0 atom stereocenters.